The Morgan fingerprint density at radius 2 is 1.50 bits per heavy atom. The second kappa shape index (κ2) is 6.09. The van der Waals surface area contributed by atoms with E-state index in [0.29, 0.717) is 0 Å². The van der Waals surface area contributed by atoms with E-state index < -0.39 is 0 Å². The lowest BCUT2D eigenvalue weighted by atomic mass is 9.50. The lowest BCUT2D eigenvalue weighted by Gasteiger charge is -2.54. The predicted molar refractivity (Wildman–Crippen MR) is 94.7 cm³/mol. The molecule has 4 rings (SSSR count). The molecule has 8 atom stereocenters. The molecule has 3 aliphatic carbocycles. The molecule has 0 amide bonds. The molecule has 1 saturated heterocycles. The summed E-state index contributed by atoms with van der Waals surface area (Å²) in [5, 5.41) is 0. The molecular formula is C20H39N2+. The van der Waals surface area contributed by atoms with Crippen LogP contribution in [0.25, 0.3) is 0 Å². The molecule has 2 heteroatoms. The van der Waals surface area contributed by atoms with E-state index in [2.05, 4.69) is 46.8 Å². The van der Waals surface area contributed by atoms with E-state index in [-0.39, 0.29) is 0 Å². The van der Waals surface area contributed by atoms with Crippen LogP contribution >= 0.6 is 0 Å². The molecular weight excluding hydrogens is 268 g/mol. The number of likely N-dealkylation sites (tertiary alicyclic amines) is 1. The molecule has 0 aromatic heterocycles. The number of nitrogens with zero attached hydrogens (tertiary/aromatic N) is 2. The summed E-state index contributed by atoms with van der Waals surface area (Å²) in [7, 11) is 7.12. The molecule has 1 heterocycles. The van der Waals surface area contributed by atoms with Gasteiger partial charge in [-0.25, -0.2) is 0 Å². The zero-order chi connectivity index (χ0) is 16.1. The van der Waals surface area contributed by atoms with Crippen LogP contribution in [-0.2, 0) is 0 Å². The fourth-order valence-corrected chi connectivity index (χ4v) is 6.82. The SMILES string of the molecule is CCC1C2CCC(C1CN(C)C)C1C[N+](C)(C(C)CC)CC21. The molecule has 0 radical (unpaired) electrons. The minimum absolute atomic E-state index is 0.845. The number of hydrogen-bond donors (Lipinski definition) is 0. The molecule has 4 aliphatic rings. The Bertz CT molecular complexity index is 393. The van der Waals surface area contributed by atoms with Crippen molar-refractivity contribution in [3.8, 4) is 0 Å². The van der Waals surface area contributed by atoms with Crippen molar-refractivity contribution < 1.29 is 4.48 Å². The average molecular weight is 308 g/mol. The van der Waals surface area contributed by atoms with Gasteiger partial charge < -0.3 is 9.38 Å². The number of fused-ring (bicyclic) bond motifs is 2. The summed E-state index contributed by atoms with van der Waals surface area (Å²) in [5.74, 6) is 6.11. The first-order valence-corrected chi connectivity index (χ1v) is 9.90. The third-order valence-electron chi connectivity index (χ3n) is 8.09. The van der Waals surface area contributed by atoms with E-state index in [0.717, 1.165) is 41.5 Å². The van der Waals surface area contributed by atoms with Crippen molar-refractivity contribution in [3.05, 3.63) is 0 Å². The molecule has 2 bridgehead atoms. The highest BCUT2D eigenvalue weighted by atomic mass is 15.4. The normalized spacial score (nSPS) is 48.7. The number of quaternary nitrogens is 1. The van der Waals surface area contributed by atoms with Crippen LogP contribution in [0.4, 0.5) is 0 Å². The van der Waals surface area contributed by atoms with E-state index in [9.17, 15) is 0 Å². The molecule has 2 nitrogen and oxygen atoms in total. The monoisotopic (exact) mass is 307 g/mol. The highest BCUT2D eigenvalue weighted by molar-refractivity contribution is 5.03. The van der Waals surface area contributed by atoms with Crippen LogP contribution in [0.15, 0.2) is 0 Å². The molecule has 8 unspecified atom stereocenters. The van der Waals surface area contributed by atoms with Gasteiger partial charge in [0.05, 0.1) is 26.2 Å². The number of rotatable bonds is 5. The van der Waals surface area contributed by atoms with Gasteiger partial charge in [0.15, 0.2) is 0 Å². The molecule has 0 aromatic carbocycles. The second-order valence-electron chi connectivity index (χ2n) is 9.33. The molecule has 0 spiro atoms. The molecule has 0 aromatic rings. The first-order chi connectivity index (χ1) is 10.4. The van der Waals surface area contributed by atoms with Crippen molar-refractivity contribution in [3.63, 3.8) is 0 Å². The molecule has 1 aliphatic heterocycles. The van der Waals surface area contributed by atoms with Crippen molar-refractivity contribution in [2.45, 2.75) is 52.5 Å². The van der Waals surface area contributed by atoms with Gasteiger partial charge >= 0.3 is 0 Å². The van der Waals surface area contributed by atoms with Gasteiger partial charge in [-0.2, -0.15) is 0 Å². The summed E-state index contributed by atoms with van der Waals surface area (Å²) >= 11 is 0. The van der Waals surface area contributed by atoms with Crippen molar-refractivity contribution in [2.24, 2.45) is 35.5 Å². The van der Waals surface area contributed by atoms with Gasteiger partial charge in [-0.1, -0.05) is 20.3 Å². The lowest BCUT2D eigenvalue weighted by molar-refractivity contribution is -0.923. The van der Waals surface area contributed by atoms with Crippen LogP contribution in [0.1, 0.15) is 46.5 Å². The summed E-state index contributed by atoms with van der Waals surface area (Å²) in [5.41, 5.74) is 0. The maximum Gasteiger partial charge on any atom is 0.0857 e. The maximum atomic E-state index is 2.56. The van der Waals surface area contributed by atoms with Gasteiger partial charge in [-0.15, -0.1) is 0 Å². The zero-order valence-corrected chi connectivity index (χ0v) is 15.9. The lowest BCUT2D eigenvalue weighted by Crippen LogP contribution is -2.52. The Balaban J connectivity index is 1.85. The minimum Gasteiger partial charge on any atom is -0.323 e. The smallest absolute Gasteiger partial charge is 0.0857 e. The van der Waals surface area contributed by atoms with Crippen LogP contribution in [0.3, 0.4) is 0 Å². The van der Waals surface area contributed by atoms with Gasteiger partial charge in [0.25, 0.3) is 0 Å². The molecule has 128 valence electrons. The molecule has 3 saturated carbocycles. The highest BCUT2D eigenvalue weighted by Gasteiger charge is 2.60. The molecule has 0 N–H and O–H groups in total. The number of hydrogen-bond acceptors (Lipinski definition) is 1. The Labute approximate surface area is 138 Å². The van der Waals surface area contributed by atoms with Gasteiger partial charge in [-0.3, -0.25) is 0 Å². The first kappa shape index (κ1) is 16.8. The van der Waals surface area contributed by atoms with Crippen LogP contribution in [0, 0.1) is 35.5 Å². The van der Waals surface area contributed by atoms with Crippen molar-refractivity contribution in [1.29, 1.82) is 0 Å². The maximum absolute atomic E-state index is 2.56. The Morgan fingerprint density at radius 1 is 0.955 bits per heavy atom. The fourth-order valence-electron chi connectivity index (χ4n) is 6.82. The zero-order valence-electron chi connectivity index (χ0n) is 15.9. The third-order valence-corrected chi connectivity index (χ3v) is 8.09. The predicted octanol–water partition coefficient (Wildman–Crippen LogP) is 3.72. The second-order valence-corrected chi connectivity index (χ2v) is 9.33. The van der Waals surface area contributed by atoms with Crippen LogP contribution in [0.2, 0.25) is 0 Å². The van der Waals surface area contributed by atoms with E-state index in [1.165, 1.54) is 49.8 Å². The molecule has 22 heavy (non-hydrogen) atoms. The first-order valence-electron chi connectivity index (χ1n) is 9.90. The summed E-state index contributed by atoms with van der Waals surface area (Å²) in [6, 6.07) is 0.845. The van der Waals surface area contributed by atoms with E-state index in [1.54, 1.807) is 0 Å². The highest BCUT2D eigenvalue weighted by Crippen LogP contribution is 2.59. The largest absolute Gasteiger partial charge is 0.323 e. The van der Waals surface area contributed by atoms with E-state index in [1.807, 2.05) is 0 Å². The van der Waals surface area contributed by atoms with E-state index in [4.69, 9.17) is 0 Å². The fraction of sp³-hybridized carbons (Fsp3) is 1.00. The quantitative estimate of drug-likeness (QED) is 0.700. The van der Waals surface area contributed by atoms with Crippen molar-refractivity contribution in [2.75, 3.05) is 40.8 Å². The Morgan fingerprint density at radius 3 is 1.95 bits per heavy atom. The van der Waals surface area contributed by atoms with Crippen molar-refractivity contribution >= 4 is 0 Å². The summed E-state index contributed by atoms with van der Waals surface area (Å²) in [6.07, 6.45) is 5.82. The van der Waals surface area contributed by atoms with Gasteiger partial charge in [0, 0.05) is 18.4 Å². The van der Waals surface area contributed by atoms with Crippen molar-refractivity contribution in [1.82, 2.24) is 4.90 Å². The summed E-state index contributed by atoms with van der Waals surface area (Å²) in [4.78, 5) is 2.46. The van der Waals surface area contributed by atoms with Gasteiger partial charge in [0.1, 0.15) is 0 Å². The van der Waals surface area contributed by atoms with Crippen LogP contribution in [0.5, 0.6) is 0 Å². The van der Waals surface area contributed by atoms with Gasteiger partial charge in [-0.05, 0) is 64.0 Å². The summed E-state index contributed by atoms with van der Waals surface area (Å²) in [6.45, 7) is 11.6. The third kappa shape index (κ3) is 2.55. The van der Waals surface area contributed by atoms with E-state index >= 15 is 0 Å². The van der Waals surface area contributed by atoms with Crippen LogP contribution < -0.4 is 0 Å². The van der Waals surface area contributed by atoms with Gasteiger partial charge in [0.2, 0.25) is 0 Å². The minimum atomic E-state index is 0.845. The average Bonchev–Trinajstić information content (AvgIpc) is 2.86. The standard InChI is InChI=1S/C20H39N2/c1-7-14(3)22(6)12-19-16-9-10-17(20(19)13-22)18(11-21(4)5)15(16)8-2/h14-20H,7-13H2,1-6H3/q+1. The topological polar surface area (TPSA) is 3.24 Å². The van der Waals surface area contributed by atoms with Crippen LogP contribution in [-0.4, -0.2) is 56.2 Å². The molecule has 4 fully saturated rings. The summed E-state index contributed by atoms with van der Waals surface area (Å²) < 4.78 is 1.37. The Hall–Kier alpha value is -0.0800. The Kier molecular flexibility index (Phi) is 4.64.